The molecule has 1 N–H and O–H groups in total. The van der Waals surface area contributed by atoms with Crippen LogP contribution in [0.5, 0.6) is 0 Å². The van der Waals surface area contributed by atoms with Crippen LogP contribution in [0, 0.1) is 0 Å². The predicted octanol–water partition coefficient (Wildman–Crippen LogP) is 4.50. The van der Waals surface area contributed by atoms with E-state index in [1.807, 2.05) is 24.3 Å². The van der Waals surface area contributed by atoms with Gasteiger partial charge in [-0.15, -0.1) is 0 Å². The molecular formula is C22H18BrN3O4. The van der Waals surface area contributed by atoms with Crippen LogP contribution in [-0.4, -0.2) is 40.1 Å². The van der Waals surface area contributed by atoms with E-state index in [1.165, 1.54) is 16.0 Å². The maximum absolute atomic E-state index is 13.0. The molecule has 1 aliphatic heterocycles. The summed E-state index contributed by atoms with van der Waals surface area (Å²) >= 11 is 3.29. The highest BCUT2D eigenvalue weighted by Gasteiger charge is 2.34. The lowest BCUT2D eigenvalue weighted by molar-refractivity contribution is 0.0688. The summed E-state index contributed by atoms with van der Waals surface area (Å²) in [5, 5.41) is 13.4. The fourth-order valence-electron chi connectivity index (χ4n) is 4.32. The Morgan fingerprint density at radius 1 is 1.07 bits per heavy atom. The van der Waals surface area contributed by atoms with Crippen molar-refractivity contribution >= 4 is 33.8 Å². The van der Waals surface area contributed by atoms with Gasteiger partial charge in [0.2, 0.25) is 0 Å². The molecule has 0 saturated heterocycles. The molecule has 30 heavy (non-hydrogen) atoms. The summed E-state index contributed by atoms with van der Waals surface area (Å²) in [4.78, 5) is 25.8. The molecule has 0 atom stereocenters. The fraction of sp³-hybridized carbons (Fsp3) is 0.227. The first-order chi connectivity index (χ1) is 14.6. The molecule has 152 valence electrons. The maximum atomic E-state index is 13.0. The van der Waals surface area contributed by atoms with E-state index in [1.54, 1.807) is 4.68 Å². The van der Waals surface area contributed by atoms with Crippen LogP contribution in [0.4, 0.5) is 10.6 Å². The topological polar surface area (TPSA) is 84.7 Å². The van der Waals surface area contributed by atoms with Crippen molar-refractivity contribution in [2.45, 2.75) is 18.9 Å². The number of fused-ring (bicyclic) bond motifs is 4. The van der Waals surface area contributed by atoms with E-state index in [2.05, 4.69) is 45.3 Å². The molecule has 0 bridgehead atoms. The first kappa shape index (κ1) is 18.9. The monoisotopic (exact) mass is 467 g/mol. The first-order valence-electron chi connectivity index (χ1n) is 9.68. The van der Waals surface area contributed by atoms with Gasteiger partial charge in [-0.3, -0.25) is 4.90 Å². The maximum Gasteiger partial charge on any atom is 0.415 e. The second-order valence-corrected chi connectivity index (χ2v) is 8.12. The van der Waals surface area contributed by atoms with Crippen LogP contribution >= 0.6 is 15.9 Å². The highest BCUT2D eigenvalue weighted by atomic mass is 79.9. The second-order valence-electron chi connectivity index (χ2n) is 7.32. The minimum Gasteiger partial charge on any atom is -0.476 e. The minimum atomic E-state index is -1.14. The Labute approximate surface area is 181 Å². The zero-order valence-corrected chi connectivity index (χ0v) is 17.5. The molecule has 0 spiro atoms. The average Bonchev–Trinajstić information content (AvgIpc) is 3.27. The molecule has 0 fully saturated rings. The second kappa shape index (κ2) is 7.28. The summed E-state index contributed by atoms with van der Waals surface area (Å²) in [6, 6.07) is 16.3. The highest BCUT2D eigenvalue weighted by molar-refractivity contribution is 9.10. The molecule has 1 amide bonds. The Bertz CT molecular complexity index is 1130. The molecule has 1 aliphatic carbocycles. The number of carboxylic acid groups (broad SMARTS) is 1. The van der Waals surface area contributed by atoms with Gasteiger partial charge < -0.3 is 9.84 Å². The molecule has 8 heteroatoms. The fourth-order valence-corrected chi connectivity index (χ4v) is 4.98. The largest absolute Gasteiger partial charge is 0.476 e. The molecule has 3 aromatic rings. The molecule has 1 aromatic heterocycles. The van der Waals surface area contributed by atoms with Gasteiger partial charge in [0.1, 0.15) is 6.61 Å². The first-order valence-corrected chi connectivity index (χ1v) is 10.5. The summed E-state index contributed by atoms with van der Waals surface area (Å²) in [5.74, 6) is -0.749. The number of carbonyl (C=O) groups excluding carboxylic acids is 1. The number of aryl methyl sites for hydroxylation is 1. The number of benzene rings is 2. The van der Waals surface area contributed by atoms with E-state index in [0.29, 0.717) is 29.8 Å². The number of carboxylic acids is 1. The van der Waals surface area contributed by atoms with E-state index in [0.717, 1.165) is 11.1 Å². The van der Waals surface area contributed by atoms with Crippen molar-refractivity contribution in [3.8, 4) is 11.1 Å². The van der Waals surface area contributed by atoms with Crippen LogP contribution in [-0.2, 0) is 11.3 Å². The summed E-state index contributed by atoms with van der Waals surface area (Å²) in [6.07, 6.45) is 0.167. The zero-order chi connectivity index (χ0) is 20.8. The molecule has 5 rings (SSSR count). The molecule has 2 aliphatic rings. The Morgan fingerprint density at radius 3 is 2.33 bits per heavy atom. The van der Waals surface area contributed by atoms with Gasteiger partial charge in [0.15, 0.2) is 11.5 Å². The lowest BCUT2D eigenvalue weighted by Gasteiger charge is -2.28. The molecular weight excluding hydrogens is 450 g/mol. The summed E-state index contributed by atoms with van der Waals surface area (Å²) < 4.78 is 7.57. The van der Waals surface area contributed by atoms with Gasteiger partial charge >= 0.3 is 12.1 Å². The summed E-state index contributed by atoms with van der Waals surface area (Å²) in [6.45, 7) is 1.20. The van der Waals surface area contributed by atoms with Crippen LogP contribution in [0.25, 0.3) is 11.1 Å². The number of aromatic nitrogens is 2. The molecule has 2 aromatic carbocycles. The van der Waals surface area contributed by atoms with Crippen LogP contribution in [0.15, 0.2) is 53.0 Å². The van der Waals surface area contributed by atoms with Crippen molar-refractivity contribution in [3.63, 3.8) is 0 Å². The Morgan fingerprint density at radius 2 is 1.70 bits per heavy atom. The van der Waals surface area contributed by atoms with Crippen molar-refractivity contribution in [1.82, 2.24) is 9.78 Å². The number of nitrogens with zero attached hydrogens (tertiary/aromatic N) is 3. The normalized spacial score (nSPS) is 14.8. The lowest BCUT2D eigenvalue weighted by atomic mass is 9.98. The number of halogens is 1. The van der Waals surface area contributed by atoms with Crippen molar-refractivity contribution in [1.29, 1.82) is 0 Å². The van der Waals surface area contributed by atoms with Gasteiger partial charge in [0, 0.05) is 19.0 Å². The SMILES string of the molecule is O=C(O)c1nn2c(c1Br)N(C(=O)OCC1c3ccccc3-c3ccccc31)CCC2. The smallest absolute Gasteiger partial charge is 0.415 e. The molecule has 7 nitrogen and oxygen atoms in total. The van der Waals surface area contributed by atoms with Gasteiger partial charge in [0.05, 0.1) is 4.47 Å². The van der Waals surface area contributed by atoms with E-state index in [4.69, 9.17) is 4.74 Å². The van der Waals surface area contributed by atoms with Crippen LogP contribution in [0.1, 0.15) is 34.0 Å². The number of hydrogen-bond acceptors (Lipinski definition) is 4. The van der Waals surface area contributed by atoms with E-state index in [-0.39, 0.29) is 18.2 Å². The van der Waals surface area contributed by atoms with Crippen molar-refractivity contribution in [2.75, 3.05) is 18.1 Å². The average molecular weight is 468 g/mol. The van der Waals surface area contributed by atoms with Crippen LogP contribution < -0.4 is 4.90 Å². The Kier molecular flexibility index (Phi) is 4.58. The van der Waals surface area contributed by atoms with E-state index in [9.17, 15) is 14.7 Å². The third kappa shape index (κ3) is 2.90. The molecule has 0 unspecified atom stereocenters. The van der Waals surface area contributed by atoms with Gasteiger partial charge in [-0.2, -0.15) is 5.10 Å². The van der Waals surface area contributed by atoms with Gasteiger partial charge in [-0.05, 0) is 44.6 Å². The molecule has 0 radical (unpaired) electrons. The van der Waals surface area contributed by atoms with Crippen molar-refractivity contribution < 1.29 is 19.4 Å². The van der Waals surface area contributed by atoms with Gasteiger partial charge in [-0.1, -0.05) is 48.5 Å². The molecule has 0 saturated carbocycles. The Balaban J connectivity index is 1.40. The van der Waals surface area contributed by atoms with Crippen LogP contribution in [0.2, 0.25) is 0 Å². The lowest BCUT2D eigenvalue weighted by Crippen LogP contribution is -2.38. The summed E-state index contributed by atoms with van der Waals surface area (Å²) in [5.41, 5.74) is 4.51. The predicted molar refractivity (Wildman–Crippen MR) is 114 cm³/mol. The number of rotatable bonds is 3. The Hall–Kier alpha value is -3.13. The molecule has 2 heterocycles. The zero-order valence-electron chi connectivity index (χ0n) is 15.9. The number of amides is 1. The standard InChI is InChI=1S/C22H18BrN3O4/c23-18-19(21(27)28)24-26-11-5-10-25(20(18)26)22(29)30-12-17-15-8-3-1-6-13(15)14-7-2-4-9-16(14)17/h1-4,6-9,17H,5,10-12H2,(H,27,28). The summed E-state index contributed by atoms with van der Waals surface area (Å²) in [7, 11) is 0. The highest BCUT2D eigenvalue weighted by Crippen LogP contribution is 2.44. The van der Waals surface area contributed by atoms with Crippen molar-refractivity contribution in [3.05, 3.63) is 69.8 Å². The van der Waals surface area contributed by atoms with Crippen LogP contribution in [0.3, 0.4) is 0 Å². The number of ether oxygens (including phenoxy) is 1. The number of hydrogen-bond donors (Lipinski definition) is 1. The number of aromatic carboxylic acids is 1. The van der Waals surface area contributed by atoms with E-state index >= 15 is 0 Å². The number of carbonyl (C=O) groups is 2. The third-order valence-electron chi connectivity index (χ3n) is 5.64. The van der Waals surface area contributed by atoms with Crippen molar-refractivity contribution in [2.24, 2.45) is 0 Å². The minimum absolute atomic E-state index is 0.0333. The van der Waals surface area contributed by atoms with Gasteiger partial charge in [0.25, 0.3) is 0 Å². The van der Waals surface area contributed by atoms with E-state index < -0.39 is 12.1 Å². The quantitative estimate of drug-likeness (QED) is 0.612. The number of anilines is 1. The third-order valence-corrected chi connectivity index (χ3v) is 6.37. The van der Waals surface area contributed by atoms with Gasteiger partial charge in [-0.25, -0.2) is 14.3 Å².